The number of nitrogens with two attached hydrogens (primary N) is 1. The summed E-state index contributed by atoms with van der Waals surface area (Å²) in [6.07, 6.45) is 3.57. The lowest BCUT2D eigenvalue weighted by molar-refractivity contribution is -0.145. The molecule has 1 saturated heterocycles. The van der Waals surface area contributed by atoms with Crippen LogP contribution in [0.15, 0.2) is 0 Å². The van der Waals surface area contributed by atoms with E-state index in [1.54, 1.807) is 0 Å². The molecular weight excluding hydrogens is 248 g/mol. The van der Waals surface area contributed by atoms with E-state index in [1.165, 1.54) is 0 Å². The Bertz CT molecular complexity index is 348. The second kappa shape index (κ2) is 6.34. The number of ether oxygens (including phenoxy) is 1. The van der Waals surface area contributed by atoms with Crippen LogP contribution in [0.4, 0.5) is 0 Å². The van der Waals surface area contributed by atoms with E-state index in [9.17, 15) is 14.7 Å². The van der Waals surface area contributed by atoms with E-state index >= 15 is 0 Å². The van der Waals surface area contributed by atoms with Crippen LogP contribution in [-0.4, -0.2) is 42.8 Å². The van der Waals surface area contributed by atoms with E-state index in [0.29, 0.717) is 26.2 Å². The topological polar surface area (TPSA) is 102 Å². The van der Waals surface area contributed by atoms with Gasteiger partial charge in [0.05, 0.1) is 25.0 Å². The summed E-state index contributed by atoms with van der Waals surface area (Å²) in [5.74, 6) is -1.46. The van der Waals surface area contributed by atoms with Gasteiger partial charge in [0.25, 0.3) is 0 Å². The second-order valence-corrected chi connectivity index (χ2v) is 5.54. The molecule has 19 heavy (non-hydrogen) atoms. The van der Waals surface area contributed by atoms with Crippen LogP contribution in [0.1, 0.15) is 25.7 Å². The molecule has 6 heteroatoms. The van der Waals surface area contributed by atoms with Crippen molar-refractivity contribution >= 4 is 11.9 Å². The number of aliphatic carboxylic acids is 1. The molecule has 0 radical (unpaired) electrons. The fourth-order valence-electron chi connectivity index (χ4n) is 2.98. The molecular formula is C13H22N2O4. The molecule has 0 spiro atoms. The largest absolute Gasteiger partial charge is 0.481 e. The molecule has 2 aliphatic rings. The summed E-state index contributed by atoms with van der Waals surface area (Å²) >= 11 is 0. The number of rotatable bonds is 4. The highest BCUT2D eigenvalue weighted by molar-refractivity contribution is 5.80. The van der Waals surface area contributed by atoms with Crippen molar-refractivity contribution in [2.24, 2.45) is 23.5 Å². The summed E-state index contributed by atoms with van der Waals surface area (Å²) in [6.45, 7) is 1.21. The van der Waals surface area contributed by atoms with Crippen molar-refractivity contribution in [2.45, 2.75) is 31.7 Å². The zero-order valence-corrected chi connectivity index (χ0v) is 11.0. The first-order valence-electron chi connectivity index (χ1n) is 6.93. The van der Waals surface area contributed by atoms with Gasteiger partial charge in [0.15, 0.2) is 0 Å². The highest BCUT2D eigenvalue weighted by atomic mass is 16.5. The molecule has 6 nitrogen and oxygen atoms in total. The number of amides is 1. The molecule has 0 aromatic carbocycles. The highest BCUT2D eigenvalue weighted by Crippen LogP contribution is 2.29. The first kappa shape index (κ1) is 14.3. The maximum atomic E-state index is 12.0. The lowest BCUT2D eigenvalue weighted by Crippen LogP contribution is -2.44. The minimum Gasteiger partial charge on any atom is -0.481 e. The predicted octanol–water partition coefficient (Wildman–Crippen LogP) is -0.0327. The molecule has 4 N–H and O–H groups in total. The zero-order chi connectivity index (χ0) is 13.8. The Labute approximate surface area is 112 Å². The molecule has 1 heterocycles. The Balaban J connectivity index is 1.83. The minimum atomic E-state index is -0.750. The van der Waals surface area contributed by atoms with Gasteiger partial charge in [-0.3, -0.25) is 9.59 Å². The average Bonchev–Trinajstić information content (AvgIpc) is 2.82. The maximum absolute atomic E-state index is 12.0. The molecule has 1 saturated carbocycles. The average molecular weight is 270 g/mol. The highest BCUT2D eigenvalue weighted by Gasteiger charge is 2.34. The van der Waals surface area contributed by atoms with Gasteiger partial charge in [0, 0.05) is 12.6 Å². The molecule has 0 aromatic rings. The Morgan fingerprint density at radius 2 is 1.95 bits per heavy atom. The van der Waals surface area contributed by atoms with Gasteiger partial charge < -0.3 is 20.9 Å². The van der Waals surface area contributed by atoms with Crippen LogP contribution in [0.5, 0.6) is 0 Å². The molecule has 4 unspecified atom stereocenters. The summed E-state index contributed by atoms with van der Waals surface area (Å²) < 4.78 is 5.16. The molecule has 2 fully saturated rings. The first-order valence-corrected chi connectivity index (χ1v) is 6.93. The van der Waals surface area contributed by atoms with Crippen molar-refractivity contribution in [1.82, 2.24) is 5.32 Å². The van der Waals surface area contributed by atoms with Gasteiger partial charge in [-0.05, 0) is 18.8 Å². The van der Waals surface area contributed by atoms with Crippen LogP contribution >= 0.6 is 0 Å². The number of carbonyl (C=O) groups excluding carboxylic acids is 1. The van der Waals surface area contributed by atoms with Gasteiger partial charge in [-0.1, -0.05) is 12.8 Å². The lowest BCUT2D eigenvalue weighted by atomic mass is 9.79. The van der Waals surface area contributed by atoms with Crippen molar-refractivity contribution in [3.05, 3.63) is 0 Å². The van der Waals surface area contributed by atoms with E-state index in [-0.39, 0.29) is 29.7 Å². The lowest BCUT2D eigenvalue weighted by Gasteiger charge is -2.29. The Morgan fingerprint density at radius 1 is 1.21 bits per heavy atom. The van der Waals surface area contributed by atoms with Crippen molar-refractivity contribution in [3.8, 4) is 0 Å². The minimum absolute atomic E-state index is 0.0359. The number of carboxylic acid groups (broad SMARTS) is 1. The number of carbonyl (C=O) groups is 2. The molecule has 4 atom stereocenters. The fourth-order valence-corrected chi connectivity index (χ4v) is 2.98. The van der Waals surface area contributed by atoms with E-state index in [1.807, 2.05) is 0 Å². The molecule has 1 amide bonds. The van der Waals surface area contributed by atoms with E-state index in [2.05, 4.69) is 5.32 Å². The van der Waals surface area contributed by atoms with Crippen LogP contribution < -0.4 is 11.1 Å². The van der Waals surface area contributed by atoms with Crippen molar-refractivity contribution in [2.75, 3.05) is 19.8 Å². The quantitative estimate of drug-likeness (QED) is 0.665. The third kappa shape index (κ3) is 3.45. The Morgan fingerprint density at radius 3 is 2.58 bits per heavy atom. The summed E-state index contributed by atoms with van der Waals surface area (Å²) in [4.78, 5) is 23.1. The van der Waals surface area contributed by atoms with Crippen LogP contribution in [-0.2, 0) is 14.3 Å². The van der Waals surface area contributed by atoms with E-state index in [0.717, 1.165) is 19.3 Å². The molecule has 108 valence electrons. The normalized spacial score (nSPS) is 35.0. The van der Waals surface area contributed by atoms with Crippen LogP contribution in [0.3, 0.4) is 0 Å². The Hall–Kier alpha value is -1.14. The molecule has 0 bridgehead atoms. The predicted molar refractivity (Wildman–Crippen MR) is 68.4 cm³/mol. The SMILES string of the molecule is NC1COCC1C(=O)NCC1CCCCC1C(=O)O. The van der Waals surface area contributed by atoms with Gasteiger partial charge in [-0.25, -0.2) is 0 Å². The zero-order valence-electron chi connectivity index (χ0n) is 11.0. The third-order valence-electron chi connectivity index (χ3n) is 4.23. The van der Waals surface area contributed by atoms with Crippen molar-refractivity contribution in [3.63, 3.8) is 0 Å². The van der Waals surface area contributed by atoms with Crippen molar-refractivity contribution < 1.29 is 19.4 Å². The van der Waals surface area contributed by atoms with E-state index in [4.69, 9.17) is 10.5 Å². The van der Waals surface area contributed by atoms with Crippen molar-refractivity contribution in [1.29, 1.82) is 0 Å². The van der Waals surface area contributed by atoms with Crippen LogP contribution in [0.2, 0.25) is 0 Å². The van der Waals surface area contributed by atoms with Gasteiger partial charge in [0.2, 0.25) is 5.91 Å². The van der Waals surface area contributed by atoms with E-state index < -0.39 is 5.97 Å². The standard InChI is InChI=1S/C13H22N2O4/c14-11-7-19-6-10(11)12(16)15-5-8-3-1-2-4-9(8)13(17)18/h8-11H,1-7,14H2,(H,15,16)(H,17,18). The summed E-state index contributed by atoms with van der Waals surface area (Å²) in [7, 11) is 0. The number of hydrogen-bond donors (Lipinski definition) is 3. The number of nitrogens with one attached hydrogen (secondary N) is 1. The van der Waals surface area contributed by atoms with Gasteiger partial charge >= 0.3 is 5.97 Å². The van der Waals surface area contributed by atoms with Gasteiger partial charge in [0.1, 0.15) is 0 Å². The maximum Gasteiger partial charge on any atom is 0.306 e. The smallest absolute Gasteiger partial charge is 0.306 e. The molecule has 1 aliphatic carbocycles. The van der Waals surface area contributed by atoms with Crippen LogP contribution in [0.25, 0.3) is 0 Å². The number of carboxylic acids is 1. The summed E-state index contributed by atoms with van der Waals surface area (Å²) in [6, 6.07) is -0.248. The second-order valence-electron chi connectivity index (χ2n) is 5.54. The Kier molecular flexibility index (Phi) is 4.76. The third-order valence-corrected chi connectivity index (χ3v) is 4.23. The first-order chi connectivity index (χ1) is 9.09. The fraction of sp³-hybridized carbons (Fsp3) is 0.846. The summed E-state index contributed by atoms with van der Waals surface area (Å²) in [5.41, 5.74) is 5.78. The van der Waals surface area contributed by atoms with Crippen LogP contribution in [0, 0.1) is 17.8 Å². The van der Waals surface area contributed by atoms with Gasteiger partial charge in [-0.15, -0.1) is 0 Å². The molecule has 1 aliphatic heterocycles. The molecule has 0 aromatic heterocycles. The number of hydrogen-bond acceptors (Lipinski definition) is 4. The summed E-state index contributed by atoms with van der Waals surface area (Å²) in [5, 5.41) is 12.0. The monoisotopic (exact) mass is 270 g/mol. The molecule has 2 rings (SSSR count). The van der Waals surface area contributed by atoms with Gasteiger partial charge in [-0.2, -0.15) is 0 Å².